The molecule has 0 aliphatic carbocycles. The molecule has 1 rings (SSSR count). The molecule has 0 N–H and O–H groups in total. The first-order valence-electron chi connectivity index (χ1n) is 4.79. The van der Waals surface area contributed by atoms with Crippen molar-refractivity contribution in [3.05, 3.63) is 30.3 Å². The van der Waals surface area contributed by atoms with E-state index in [2.05, 4.69) is 42.2 Å². The zero-order valence-corrected chi connectivity index (χ0v) is 12.9. The van der Waals surface area contributed by atoms with Crippen LogP contribution in [0.25, 0.3) is 0 Å². The van der Waals surface area contributed by atoms with Crippen LogP contribution in [0, 0.1) is 0 Å². The van der Waals surface area contributed by atoms with E-state index in [4.69, 9.17) is 13.0 Å². The smallest absolute Gasteiger partial charge is 0.485 e. The Bertz CT molecular complexity index is 445. The van der Waals surface area contributed by atoms with Gasteiger partial charge < -0.3 is 4.55 Å². The molecule has 0 aliphatic heterocycles. The van der Waals surface area contributed by atoms with Crippen LogP contribution in [0.15, 0.2) is 30.3 Å². The van der Waals surface area contributed by atoms with Crippen molar-refractivity contribution in [1.29, 1.82) is 0 Å². The van der Waals surface area contributed by atoms with Crippen LogP contribution < -0.4 is 3.61 Å². The van der Waals surface area contributed by atoms with Crippen LogP contribution in [0.4, 0.5) is 13.2 Å². The molecule has 0 heterocycles. The summed E-state index contributed by atoms with van der Waals surface area (Å²) in [6.45, 7) is 2.30. The van der Waals surface area contributed by atoms with Gasteiger partial charge in [-0.1, -0.05) is 0 Å². The SMILES string of the molecule is CC[Te+](C)c1ccccc1.O=S(=O)([O-])C(F)(F)F. The minimum absolute atomic E-state index is 0.819. The van der Waals surface area contributed by atoms with E-state index in [0.717, 1.165) is 0 Å². The fraction of sp³-hybridized carbons (Fsp3) is 0.400. The maximum absolute atomic E-state index is 10.7. The zero-order valence-electron chi connectivity index (χ0n) is 9.77. The van der Waals surface area contributed by atoms with E-state index in [0.29, 0.717) is 0 Å². The molecule has 0 aromatic heterocycles. The van der Waals surface area contributed by atoms with Crippen molar-refractivity contribution in [2.75, 3.05) is 0 Å². The van der Waals surface area contributed by atoms with E-state index in [9.17, 15) is 13.2 Å². The third-order valence-electron chi connectivity index (χ3n) is 1.86. The predicted octanol–water partition coefficient (Wildman–Crippen LogP) is 2.09. The van der Waals surface area contributed by atoms with Crippen molar-refractivity contribution in [3.8, 4) is 0 Å². The number of hydrogen-bond donors (Lipinski definition) is 0. The molecule has 0 aliphatic rings. The summed E-state index contributed by atoms with van der Waals surface area (Å²) in [5, 5.41) is 0. The van der Waals surface area contributed by atoms with E-state index in [-0.39, 0.29) is 0 Å². The average molecular weight is 398 g/mol. The molecule has 0 fully saturated rings. The Kier molecular flexibility index (Phi) is 7.22. The minimum Gasteiger partial charge on any atom is -0.741 e. The average Bonchev–Trinajstić information content (AvgIpc) is 2.27. The van der Waals surface area contributed by atoms with Crippen molar-refractivity contribution in [3.63, 3.8) is 0 Å². The monoisotopic (exact) mass is 400 g/mol. The van der Waals surface area contributed by atoms with Crippen molar-refractivity contribution in [2.45, 2.75) is 21.9 Å². The van der Waals surface area contributed by atoms with Crippen molar-refractivity contribution >= 4 is 33.3 Å². The van der Waals surface area contributed by atoms with Gasteiger partial charge >= 0.3 is 75.4 Å². The van der Waals surface area contributed by atoms with Gasteiger partial charge in [0.1, 0.15) is 0 Å². The molecule has 3 nitrogen and oxygen atoms in total. The van der Waals surface area contributed by atoms with Gasteiger partial charge in [0.25, 0.3) is 0 Å². The van der Waals surface area contributed by atoms with Crippen LogP contribution in [-0.2, 0) is 10.1 Å². The molecule has 8 heteroatoms. The molecular formula is C10H13F3O3STe. The van der Waals surface area contributed by atoms with Gasteiger partial charge in [0.2, 0.25) is 0 Å². The van der Waals surface area contributed by atoms with Crippen LogP contribution >= 0.6 is 0 Å². The van der Waals surface area contributed by atoms with Gasteiger partial charge in [-0.15, -0.1) is 0 Å². The second-order valence-corrected chi connectivity index (χ2v) is 11.1. The Morgan fingerprint density at radius 2 is 1.61 bits per heavy atom. The summed E-state index contributed by atoms with van der Waals surface area (Å²) < 4.78 is 61.9. The number of alkyl halides is 3. The fourth-order valence-corrected chi connectivity index (χ4v) is 3.55. The summed E-state index contributed by atoms with van der Waals surface area (Å²) in [7, 11) is -6.09. The summed E-state index contributed by atoms with van der Waals surface area (Å²) in [5.41, 5.74) is -5.65. The first-order valence-corrected chi connectivity index (χ1v) is 11.3. The predicted molar refractivity (Wildman–Crippen MR) is 63.9 cm³/mol. The van der Waals surface area contributed by atoms with Crippen molar-refractivity contribution in [2.24, 2.45) is 0 Å². The van der Waals surface area contributed by atoms with Crippen molar-refractivity contribution < 1.29 is 26.1 Å². The summed E-state index contributed by atoms with van der Waals surface area (Å²) in [4.78, 5) is 2.43. The second kappa shape index (κ2) is 7.34. The normalized spacial score (nSPS) is 11.9. The maximum atomic E-state index is 10.7. The minimum atomic E-state index is -6.09. The van der Waals surface area contributed by atoms with Gasteiger partial charge in [-0.3, -0.25) is 0 Å². The number of rotatable bonds is 2. The molecule has 0 atom stereocenters. The fourth-order valence-electron chi connectivity index (χ4n) is 0.819. The van der Waals surface area contributed by atoms with Gasteiger partial charge in [0, 0.05) is 0 Å². The number of hydrogen-bond acceptors (Lipinski definition) is 3. The molecule has 0 unspecified atom stereocenters. The molecular weight excluding hydrogens is 385 g/mol. The third kappa shape index (κ3) is 6.59. The third-order valence-corrected chi connectivity index (χ3v) is 7.97. The zero-order chi connectivity index (χ0) is 14.4. The van der Waals surface area contributed by atoms with Gasteiger partial charge in [-0.05, 0) is 0 Å². The first kappa shape index (κ1) is 17.7. The van der Waals surface area contributed by atoms with Crippen LogP contribution in [-0.4, -0.2) is 38.0 Å². The number of halogens is 3. The van der Waals surface area contributed by atoms with Gasteiger partial charge in [0.05, 0.1) is 0 Å². The van der Waals surface area contributed by atoms with E-state index >= 15 is 0 Å². The summed E-state index contributed by atoms with van der Waals surface area (Å²) in [6, 6.07) is 10.9. The molecule has 18 heavy (non-hydrogen) atoms. The van der Waals surface area contributed by atoms with Crippen LogP contribution in [0.2, 0.25) is 9.44 Å². The van der Waals surface area contributed by atoms with Gasteiger partial charge in [-0.25, -0.2) is 8.42 Å². The Morgan fingerprint density at radius 1 is 1.22 bits per heavy atom. The quantitative estimate of drug-likeness (QED) is 0.436. The van der Waals surface area contributed by atoms with Crippen LogP contribution in [0.3, 0.4) is 0 Å². The van der Waals surface area contributed by atoms with E-state index in [1.54, 1.807) is 3.61 Å². The Labute approximate surface area is 111 Å². The first-order chi connectivity index (χ1) is 8.09. The van der Waals surface area contributed by atoms with E-state index in [1.165, 1.54) is 4.47 Å². The standard InChI is InChI=1S/C9H13Te.CHF3O3S/c1-3-10(2)9-7-5-4-6-8-9;2-1(3,4)8(5,6)7/h4-8H,3H2,1-2H3;(H,5,6,7)/q+1;/p-1. The van der Waals surface area contributed by atoms with E-state index in [1.807, 2.05) is 0 Å². The molecule has 0 spiro atoms. The summed E-state index contributed by atoms with van der Waals surface area (Å²) in [5.74, 6) is 0. The molecule has 1 aromatic carbocycles. The molecule has 0 radical (unpaired) electrons. The van der Waals surface area contributed by atoms with Crippen LogP contribution in [0.5, 0.6) is 0 Å². The largest absolute Gasteiger partial charge is 0.741 e. The van der Waals surface area contributed by atoms with Crippen LogP contribution in [0.1, 0.15) is 6.92 Å². The van der Waals surface area contributed by atoms with Gasteiger partial charge in [0.15, 0.2) is 10.1 Å². The molecule has 104 valence electrons. The van der Waals surface area contributed by atoms with E-state index < -0.39 is 35.2 Å². The molecule has 0 saturated carbocycles. The molecule has 0 saturated heterocycles. The molecule has 0 bridgehead atoms. The van der Waals surface area contributed by atoms with Gasteiger partial charge in [-0.2, -0.15) is 13.2 Å². The topological polar surface area (TPSA) is 57.2 Å². The maximum Gasteiger partial charge on any atom is 0.485 e. The summed E-state index contributed by atoms with van der Waals surface area (Å²) in [6.07, 6.45) is 0. The van der Waals surface area contributed by atoms with Crippen molar-refractivity contribution in [1.82, 2.24) is 0 Å². The number of benzene rings is 1. The Morgan fingerprint density at radius 3 is 1.89 bits per heavy atom. The Balaban J connectivity index is 0.000000331. The summed E-state index contributed by atoms with van der Waals surface area (Å²) >= 11 is -0.819. The Hall–Kier alpha value is -0.290. The molecule has 0 amide bonds. The molecule has 1 aromatic rings. The second-order valence-electron chi connectivity index (χ2n) is 3.14.